The summed E-state index contributed by atoms with van der Waals surface area (Å²) in [5.41, 5.74) is 2.52. The summed E-state index contributed by atoms with van der Waals surface area (Å²) in [5, 5.41) is 3.00. The van der Waals surface area contributed by atoms with Gasteiger partial charge in [-0.25, -0.2) is 9.29 Å². The lowest BCUT2D eigenvalue weighted by Gasteiger charge is -2.30. The molecule has 202 valence electrons. The number of benzene rings is 3. The number of hydrogen-bond acceptors (Lipinski definition) is 6. The molecule has 0 saturated carbocycles. The van der Waals surface area contributed by atoms with E-state index in [1.807, 2.05) is 25.1 Å². The minimum Gasteiger partial charge on any atom is -0.324 e. The first kappa shape index (κ1) is 26.5. The lowest BCUT2D eigenvalue weighted by Crippen LogP contribution is -2.33. The Morgan fingerprint density at radius 2 is 1.68 bits per heavy atom. The Kier molecular flexibility index (Phi) is 6.85. The fraction of sp³-hybridized carbons (Fsp3) is 0.172. The van der Waals surface area contributed by atoms with Gasteiger partial charge in [0.05, 0.1) is 16.6 Å². The van der Waals surface area contributed by atoms with Crippen LogP contribution in [0.3, 0.4) is 0 Å². The van der Waals surface area contributed by atoms with Gasteiger partial charge in [-0.15, -0.1) is 0 Å². The van der Waals surface area contributed by atoms with Crippen LogP contribution in [0.1, 0.15) is 21.9 Å². The zero-order chi connectivity index (χ0) is 28.1. The third kappa shape index (κ3) is 4.55. The molecule has 1 N–H and O–H groups in total. The molecule has 2 unspecified atom stereocenters. The van der Waals surface area contributed by atoms with Crippen molar-refractivity contribution in [3.05, 3.63) is 109 Å². The molecule has 4 aromatic rings. The molecule has 0 bridgehead atoms. The smallest absolute Gasteiger partial charge is 0.308 e. The van der Waals surface area contributed by atoms with Crippen molar-refractivity contribution in [1.29, 1.82) is 0 Å². The summed E-state index contributed by atoms with van der Waals surface area (Å²) in [6.45, 7) is 1.62. The molecule has 7 nitrogen and oxygen atoms in total. The molecule has 11 heteroatoms. The number of imide groups is 1. The van der Waals surface area contributed by atoms with Crippen LogP contribution in [0.5, 0.6) is 0 Å². The Balaban J connectivity index is 1.41. The topological polar surface area (TPSA) is 88.5 Å². The molecule has 1 saturated heterocycles. The molecule has 3 atom stereocenters. The third-order valence-corrected chi connectivity index (χ3v) is 9.94. The highest BCUT2D eigenvalue weighted by molar-refractivity contribution is 8.00. The zero-order valence-electron chi connectivity index (χ0n) is 21.0. The van der Waals surface area contributed by atoms with E-state index in [2.05, 4.69) is 5.32 Å². The first-order chi connectivity index (χ1) is 19.2. The molecule has 3 amide bonds. The number of nitrogens with one attached hydrogen (secondary N) is 1. The van der Waals surface area contributed by atoms with Gasteiger partial charge in [0.15, 0.2) is 0 Å². The number of aromatic nitrogens is 1. The molecule has 1 aromatic heterocycles. The number of rotatable bonds is 5. The van der Waals surface area contributed by atoms with Crippen LogP contribution >= 0.6 is 34.7 Å². The monoisotopic (exact) mass is 593 g/mol. The summed E-state index contributed by atoms with van der Waals surface area (Å²) in [6, 6.07) is 19.5. The normalized spacial score (nSPS) is 19.9. The average Bonchev–Trinajstić information content (AvgIpc) is 3.37. The Morgan fingerprint density at radius 3 is 2.38 bits per heavy atom. The minimum atomic E-state index is -0.842. The molecule has 2 aliphatic rings. The Hall–Kier alpha value is -3.73. The van der Waals surface area contributed by atoms with Crippen LogP contribution in [0.25, 0.3) is 0 Å². The molecule has 0 radical (unpaired) electrons. The molecule has 2 aliphatic heterocycles. The van der Waals surface area contributed by atoms with Gasteiger partial charge in [0.1, 0.15) is 17.6 Å². The lowest BCUT2D eigenvalue weighted by atomic mass is 9.83. The highest BCUT2D eigenvalue weighted by atomic mass is 35.5. The number of para-hydroxylation sites is 1. The summed E-state index contributed by atoms with van der Waals surface area (Å²) in [4.78, 5) is 55.1. The number of halogens is 2. The zero-order valence-corrected chi connectivity index (χ0v) is 23.4. The van der Waals surface area contributed by atoms with Crippen LogP contribution < -0.4 is 15.1 Å². The van der Waals surface area contributed by atoms with Crippen molar-refractivity contribution < 1.29 is 18.8 Å². The summed E-state index contributed by atoms with van der Waals surface area (Å²) in [7, 11) is 0. The molecular weight excluding hydrogens is 573 g/mol. The second-order valence-corrected chi connectivity index (χ2v) is 12.1. The molecule has 3 aromatic carbocycles. The van der Waals surface area contributed by atoms with Crippen LogP contribution in [-0.4, -0.2) is 27.5 Å². The highest BCUT2D eigenvalue weighted by Gasteiger charge is 2.56. The van der Waals surface area contributed by atoms with Gasteiger partial charge < -0.3 is 5.32 Å². The standard InChI is InChI=1S/C29H21ClFN3O4S2/c1-15-4-2-3-5-20(15)32-21(35)14-33-28-25(40-29(33)38)22(16-6-8-17(30)9-7-16)23-24(39-28)27(37)34(26(23)36)19-12-10-18(31)11-13-19/h2-13,22-24H,14H2,1H3,(H,32,35)/t22-,23?,24?/m1/s1. The molecule has 3 heterocycles. The number of thioether (sulfide) groups is 1. The first-order valence-electron chi connectivity index (χ1n) is 12.4. The van der Waals surface area contributed by atoms with Crippen molar-refractivity contribution in [3.63, 3.8) is 0 Å². The Morgan fingerprint density at radius 1 is 0.975 bits per heavy atom. The van der Waals surface area contributed by atoms with Gasteiger partial charge in [-0.1, -0.05) is 65.0 Å². The number of fused-ring (bicyclic) bond motifs is 2. The predicted octanol–water partition coefficient (Wildman–Crippen LogP) is 5.45. The van der Waals surface area contributed by atoms with Gasteiger partial charge in [0.2, 0.25) is 17.7 Å². The maximum Gasteiger partial charge on any atom is 0.308 e. The Bertz CT molecular complexity index is 1720. The van der Waals surface area contributed by atoms with E-state index in [-0.39, 0.29) is 23.0 Å². The van der Waals surface area contributed by atoms with Crippen LogP contribution in [-0.2, 0) is 20.9 Å². The summed E-state index contributed by atoms with van der Waals surface area (Å²) >= 11 is 8.23. The van der Waals surface area contributed by atoms with Crippen LogP contribution in [0, 0.1) is 18.7 Å². The average molecular weight is 594 g/mol. The second kappa shape index (κ2) is 10.3. The number of thiazole rings is 1. The molecule has 40 heavy (non-hydrogen) atoms. The summed E-state index contributed by atoms with van der Waals surface area (Å²) in [5.74, 6) is -3.16. The van der Waals surface area contributed by atoms with Gasteiger partial charge in [0.25, 0.3) is 0 Å². The second-order valence-electron chi connectivity index (χ2n) is 9.57. The van der Waals surface area contributed by atoms with Crippen molar-refractivity contribution in [2.45, 2.75) is 29.7 Å². The predicted molar refractivity (Wildman–Crippen MR) is 154 cm³/mol. The number of anilines is 2. The molecular formula is C29H21ClFN3O4S2. The molecule has 1 fully saturated rings. The number of carbonyl (C=O) groups excluding carboxylic acids is 3. The number of carbonyl (C=O) groups is 3. The van der Waals surface area contributed by atoms with Crippen molar-refractivity contribution in [2.75, 3.05) is 10.2 Å². The van der Waals surface area contributed by atoms with Crippen LogP contribution in [0.4, 0.5) is 15.8 Å². The van der Waals surface area contributed by atoms with Gasteiger partial charge in [-0.2, -0.15) is 0 Å². The number of nitrogens with zero attached hydrogens (tertiary/aromatic N) is 2. The van der Waals surface area contributed by atoms with E-state index >= 15 is 0 Å². The molecule has 0 aliphatic carbocycles. The molecule has 0 spiro atoms. The van der Waals surface area contributed by atoms with E-state index in [4.69, 9.17) is 11.6 Å². The lowest BCUT2D eigenvalue weighted by molar-refractivity contribution is -0.122. The van der Waals surface area contributed by atoms with Gasteiger partial charge in [-0.05, 0) is 60.5 Å². The number of hydrogen-bond donors (Lipinski definition) is 1. The SMILES string of the molecule is Cc1ccccc1NC(=O)Cn1c2c(sc1=O)[C@H](c1ccc(Cl)cc1)C1C(=O)N(c3ccc(F)cc3)C(=O)C1S2. The van der Waals surface area contributed by atoms with Gasteiger partial charge in [0, 0.05) is 21.5 Å². The van der Waals surface area contributed by atoms with Crippen LogP contribution in [0.15, 0.2) is 82.6 Å². The van der Waals surface area contributed by atoms with Crippen molar-refractivity contribution in [2.24, 2.45) is 5.92 Å². The largest absolute Gasteiger partial charge is 0.324 e. The summed E-state index contributed by atoms with van der Waals surface area (Å²) in [6.07, 6.45) is 0. The van der Waals surface area contributed by atoms with E-state index in [9.17, 15) is 23.6 Å². The maximum absolute atomic E-state index is 13.8. The van der Waals surface area contributed by atoms with Crippen LogP contribution in [0.2, 0.25) is 5.02 Å². The first-order valence-corrected chi connectivity index (χ1v) is 14.4. The quantitative estimate of drug-likeness (QED) is 0.311. The third-order valence-electron chi connectivity index (χ3n) is 7.08. The maximum atomic E-state index is 13.8. The van der Waals surface area contributed by atoms with Crippen molar-refractivity contribution in [1.82, 2.24) is 4.57 Å². The summed E-state index contributed by atoms with van der Waals surface area (Å²) < 4.78 is 15.0. The molecule has 6 rings (SSSR count). The highest BCUT2D eigenvalue weighted by Crippen LogP contribution is 2.53. The number of amides is 3. The van der Waals surface area contributed by atoms with Crippen molar-refractivity contribution >= 4 is 63.8 Å². The van der Waals surface area contributed by atoms with Gasteiger partial charge in [-0.3, -0.25) is 23.7 Å². The fourth-order valence-corrected chi connectivity index (χ4v) is 8.07. The number of aryl methyl sites for hydroxylation is 1. The minimum absolute atomic E-state index is 0.249. The fourth-order valence-electron chi connectivity index (χ4n) is 5.18. The van der Waals surface area contributed by atoms with Crippen molar-refractivity contribution in [3.8, 4) is 0 Å². The Labute approximate surface area is 241 Å². The van der Waals surface area contributed by atoms with E-state index < -0.39 is 34.7 Å². The van der Waals surface area contributed by atoms with E-state index in [1.54, 1.807) is 30.3 Å². The van der Waals surface area contributed by atoms with E-state index in [0.29, 0.717) is 20.6 Å². The van der Waals surface area contributed by atoms with E-state index in [0.717, 1.165) is 39.1 Å². The van der Waals surface area contributed by atoms with Gasteiger partial charge >= 0.3 is 4.87 Å². The van der Waals surface area contributed by atoms with E-state index in [1.165, 1.54) is 28.8 Å².